The second-order valence-electron chi connectivity index (χ2n) is 4.43. The minimum absolute atomic E-state index is 0.00427. The first-order valence-corrected chi connectivity index (χ1v) is 5.90. The number of fused-ring (bicyclic) bond motifs is 1. The van der Waals surface area contributed by atoms with E-state index in [0.717, 1.165) is 5.39 Å². The second kappa shape index (κ2) is 4.58. The van der Waals surface area contributed by atoms with E-state index in [2.05, 4.69) is 25.2 Å². The molecule has 3 heterocycles. The quantitative estimate of drug-likeness (QED) is 0.512. The summed E-state index contributed by atoms with van der Waals surface area (Å²) in [5, 5.41) is 11.3. The topological polar surface area (TPSA) is 111 Å². The molecule has 1 saturated heterocycles. The second-order valence-corrected chi connectivity index (χ2v) is 4.43. The molecule has 0 saturated carbocycles. The lowest BCUT2D eigenvalue weighted by molar-refractivity contribution is -0.117. The molecule has 0 radical (unpaired) electrons. The van der Waals surface area contributed by atoms with Crippen molar-refractivity contribution in [2.24, 2.45) is 11.0 Å². The molecule has 0 spiro atoms. The first kappa shape index (κ1) is 11.5. The Kier molecular flexibility index (Phi) is 2.77. The maximum absolute atomic E-state index is 12.0. The Labute approximate surface area is 108 Å². The van der Waals surface area contributed by atoms with Gasteiger partial charge in [0.05, 0.1) is 5.39 Å². The lowest BCUT2D eigenvalue weighted by atomic mass is 10.1. The number of amides is 1. The van der Waals surface area contributed by atoms with Gasteiger partial charge in [0.15, 0.2) is 11.5 Å². The van der Waals surface area contributed by atoms with Crippen molar-refractivity contribution in [1.82, 2.24) is 15.2 Å². The van der Waals surface area contributed by atoms with Gasteiger partial charge in [0.1, 0.15) is 0 Å². The summed E-state index contributed by atoms with van der Waals surface area (Å²) in [6.07, 6.45) is 2.05. The van der Waals surface area contributed by atoms with Crippen LogP contribution in [0.5, 0.6) is 0 Å². The first-order valence-electron chi connectivity index (χ1n) is 5.90. The van der Waals surface area contributed by atoms with Gasteiger partial charge in [0.25, 0.3) is 0 Å². The zero-order valence-electron chi connectivity index (χ0n) is 10.0. The third kappa shape index (κ3) is 1.98. The number of nitrogens with zero attached hydrogens (tertiary/aromatic N) is 6. The zero-order valence-corrected chi connectivity index (χ0v) is 10.0. The van der Waals surface area contributed by atoms with Crippen molar-refractivity contribution in [2.45, 2.75) is 6.42 Å². The summed E-state index contributed by atoms with van der Waals surface area (Å²) in [6.45, 7) is 0.853. The number of nitrogens with one attached hydrogen (secondary N) is 1. The van der Waals surface area contributed by atoms with E-state index in [-0.39, 0.29) is 11.8 Å². The van der Waals surface area contributed by atoms with E-state index in [0.29, 0.717) is 31.0 Å². The summed E-state index contributed by atoms with van der Waals surface area (Å²) >= 11 is 0. The van der Waals surface area contributed by atoms with Crippen molar-refractivity contribution >= 4 is 22.8 Å². The van der Waals surface area contributed by atoms with Gasteiger partial charge in [-0.2, -0.15) is 5.10 Å². The van der Waals surface area contributed by atoms with Crippen LogP contribution in [0.15, 0.2) is 23.4 Å². The highest BCUT2D eigenvalue weighted by Gasteiger charge is 2.32. The van der Waals surface area contributed by atoms with Crippen LogP contribution in [0.1, 0.15) is 6.42 Å². The molecule has 2 aromatic rings. The van der Waals surface area contributed by atoms with Gasteiger partial charge in [-0.25, -0.2) is 4.98 Å². The van der Waals surface area contributed by atoms with Crippen LogP contribution >= 0.6 is 0 Å². The smallest absolute Gasteiger partial charge is 0.228 e. The van der Waals surface area contributed by atoms with Crippen LogP contribution in [0.25, 0.3) is 21.5 Å². The number of anilines is 1. The highest BCUT2D eigenvalue weighted by Crippen LogP contribution is 2.28. The molecule has 1 fully saturated rings. The lowest BCUT2D eigenvalue weighted by Gasteiger charge is -2.13. The van der Waals surface area contributed by atoms with Gasteiger partial charge in [-0.3, -0.25) is 14.8 Å². The van der Waals surface area contributed by atoms with E-state index >= 15 is 0 Å². The summed E-state index contributed by atoms with van der Waals surface area (Å²) in [7, 11) is 0. The van der Waals surface area contributed by atoms with Gasteiger partial charge in [-0.1, -0.05) is 5.11 Å². The monoisotopic (exact) mass is 257 g/mol. The normalized spacial score (nSPS) is 18.8. The van der Waals surface area contributed by atoms with Gasteiger partial charge >= 0.3 is 0 Å². The summed E-state index contributed by atoms with van der Waals surface area (Å²) in [5.41, 5.74) is 8.97. The molecule has 0 bridgehead atoms. The van der Waals surface area contributed by atoms with Gasteiger partial charge in [0.2, 0.25) is 5.91 Å². The fraction of sp³-hybridized carbons (Fsp3) is 0.364. The maximum atomic E-state index is 12.0. The molecule has 8 nitrogen and oxygen atoms in total. The van der Waals surface area contributed by atoms with Crippen LogP contribution < -0.4 is 4.90 Å². The molecule has 0 aromatic carbocycles. The van der Waals surface area contributed by atoms with Crippen molar-refractivity contribution in [1.29, 1.82) is 0 Å². The average Bonchev–Trinajstić information content (AvgIpc) is 2.99. The van der Waals surface area contributed by atoms with Gasteiger partial charge in [-0.15, -0.1) is 0 Å². The summed E-state index contributed by atoms with van der Waals surface area (Å²) in [6, 6.07) is 3.68. The number of aromatic nitrogens is 3. The van der Waals surface area contributed by atoms with Crippen LogP contribution in [0, 0.1) is 5.92 Å². The van der Waals surface area contributed by atoms with Gasteiger partial charge in [-0.05, 0) is 23.6 Å². The Morgan fingerprint density at radius 2 is 2.53 bits per heavy atom. The number of carbonyl (C=O) groups is 1. The molecule has 3 rings (SSSR count). The standard InChI is InChI=1S/C11H11N7O/c12-17-14-5-7-4-9(19)18(6-7)11-8-2-1-3-13-10(8)15-16-11/h1-3,7H,4-6H2,(H,13,15,16). The van der Waals surface area contributed by atoms with Crippen LogP contribution in [0.4, 0.5) is 5.82 Å². The number of aromatic amines is 1. The molecule has 1 N–H and O–H groups in total. The number of H-pyrrole nitrogens is 1. The van der Waals surface area contributed by atoms with E-state index in [9.17, 15) is 4.79 Å². The number of carbonyl (C=O) groups excluding carboxylic acids is 1. The molecule has 1 amide bonds. The molecule has 19 heavy (non-hydrogen) atoms. The highest BCUT2D eigenvalue weighted by molar-refractivity contribution is 6.01. The molecule has 1 unspecified atom stereocenters. The van der Waals surface area contributed by atoms with Crippen LogP contribution in [0.3, 0.4) is 0 Å². The van der Waals surface area contributed by atoms with Crippen LogP contribution in [-0.2, 0) is 4.79 Å². The van der Waals surface area contributed by atoms with Crippen LogP contribution in [0.2, 0.25) is 0 Å². The Balaban J connectivity index is 1.90. The predicted octanol–water partition coefficient (Wildman–Crippen LogP) is 1.62. The third-order valence-corrected chi connectivity index (χ3v) is 3.18. The van der Waals surface area contributed by atoms with Crippen molar-refractivity contribution in [3.05, 3.63) is 28.8 Å². The highest BCUT2D eigenvalue weighted by atomic mass is 16.2. The van der Waals surface area contributed by atoms with E-state index in [1.54, 1.807) is 17.2 Å². The fourth-order valence-electron chi connectivity index (χ4n) is 2.31. The Morgan fingerprint density at radius 3 is 3.37 bits per heavy atom. The number of hydrogen-bond donors (Lipinski definition) is 1. The summed E-state index contributed by atoms with van der Waals surface area (Å²) < 4.78 is 0. The number of azide groups is 1. The fourth-order valence-corrected chi connectivity index (χ4v) is 2.31. The molecular formula is C11H11N7O. The molecule has 8 heteroatoms. The summed E-state index contributed by atoms with van der Waals surface area (Å²) in [5.74, 6) is 0.638. The SMILES string of the molecule is [N-]=[N+]=NCC1CC(=O)N(c2n[nH]c3ncccc23)C1. The zero-order chi connectivity index (χ0) is 13.2. The van der Waals surface area contributed by atoms with E-state index in [1.807, 2.05) is 6.07 Å². The molecule has 1 aliphatic rings. The number of rotatable bonds is 3. The minimum Gasteiger partial charge on any atom is -0.294 e. The van der Waals surface area contributed by atoms with Crippen molar-refractivity contribution < 1.29 is 4.79 Å². The Hall–Kier alpha value is -2.60. The Bertz CT molecular complexity index is 672. The van der Waals surface area contributed by atoms with Gasteiger partial charge in [0, 0.05) is 30.6 Å². The van der Waals surface area contributed by atoms with E-state index in [1.165, 1.54) is 0 Å². The third-order valence-electron chi connectivity index (χ3n) is 3.18. The van der Waals surface area contributed by atoms with E-state index in [4.69, 9.17) is 5.53 Å². The average molecular weight is 257 g/mol. The summed E-state index contributed by atoms with van der Waals surface area (Å²) in [4.78, 5) is 20.5. The predicted molar refractivity (Wildman–Crippen MR) is 68.4 cm³/mol. The minimum atomic E-state index is -0.00427. The largest absolute Gasteiger partial charge is 0.294 e. The maximum Gasteiger partial charge on any atom is 0.228 e. The lowest BCUT2D eigenvalue weighted by Crippen LogP contribution is -2.25. The van der Waals surface area contributed by atoms with Crippen molar-refractivity contribution in [2.75, 3.05) is 18.0 Å². The van der Waals surface area contributed by atoms with Gasteiger partial charge < -0.3 is 0 Å². The van der Waals surface area contributed by atoms with Crippen LogP contribution in [-0.4, -0.2) is 34.2 Å². The molecule has 1 atom stereocenters. The number of pyridine rings is 1. The van der Waals surface area contributed by atoms with Crippen molar-refractivity contribution in [3.63, 3.8) is 0 Å². The number of hydrogen-bond acceptors (Lipinski definition) is 4. The van der Waals surface area contributed by atoms with Crippen molar-refractivity contribution in [3.8, 4) is 0 Å². The molecule has 0 aliphatic carbocycles. The molecule has 2 aromatic heterocycles. The first-order chi connectivity index (χ1) is 9.29. The molecule has 96 valence electrons. The van der Waals surface area contributed by atoms with E-state index < -0.39 is 0 Å². The molecular weight excluding hydrogens is 246 g/mol. The Morgan fingerprint density at radius 1 is 1.63 bits per heavy atom. The molecule has 1 aliphatic heterocycles.